The molecule has 84 valence electrons. The number of carbonyl (C=O) groups excluding carboxylic acids is 1. The fourth-order valence-electron chi connectivity index (χ4n) is 1.09. The number of hydrogen-bond donors (Lipinski definition) is 2. The summed E-state index contributed by atoms with van der Waals surface area (Å²) >= 11 is 1.68. The second kappa shape index (κ2) is 6.53. The largest absolute Gasteiger partial charge is 0.467 e. The van der Waals surface area contributed by atoms with Crippen molar-refractivity contribution in [3.05, 3.63) is 24.2 Å². The van der Waals surface area contributed by atoms with Crippen LogP contribution in [0.5, 0.6) is 0 Å². The average molecular weight is 228 g/mol. The van der Waals surface area contributed by atoms with Gasteiger partial charge >= 0.3 is 0 Å². The van der Waals surface area contributed by atoms with Crippen molar-refractivity contribution in [2.45, 2.75) is 19.0 Å². The van der Waals surface area contributed by atoms with Gasteiger partial charge in [0.25, 0.3) is 0 Å². The zero-order valence-electron chi connectivity index (χ0n) is 8.73. The molecule has 3 N–H and O–H groups in total. The van der Waals surface area contributed by atoms with Crippen LogP contribution in [-0.2, 0) is 11.3 Å². The van der Waals surface area contributed by atoms with Crippen molar-refractivity contribution in [2.75, 3.05) is 12.0 Å². The maximum Gasteiger partial charge on any atom is 0.237 e. The fraction of sp³-hybridized carbons (Fsp3) is 0.500. The molecule has 0 aliphatic rings. The highest BCUT2D eigenvalue weighted by atomic mass is 32.2. The molecule has 0 unspecified atom stereocenters. The number of nitrogens with two attached hydrogens (primary N) is 1. The summed E-state index contributed by atoms with van der Waals surface area (Å²) in [4.78, 5) is 11.5. The number of nitrogens with one attached hydrogen (secondary N) is 1. The molecular formula is C10H16N2O2S. The second-order valence-corrected chi connectivity index (χ2v) is 4.17. The number of furan rings is 1. The van der Waals surface area contributed by atoms with Crippen molar-refractivity contribution in [2.24, 2.45) is 5.73 Å². The molecule has 1 amide bonds. The molecule has 0 bridgehead atoms. The van der Waals surface area contributed by atoms with E-state index >= 15 is 0 Å². The Morgan fingerprint density at radius 1 is 1.73 bits per heavy atom. The Balaban J connectivity index is 2.23. The molecule has 1 heterocycles. The molecule has 0 fully saturated rings. The van der Waals surface area contributed by atoms with Crippen LogP contribution in [0.2, 0.25) is 0 Å². The number of hydrogen-bond acceptors (Lipinski definition) is 4. The van der Waals surface area contributed by atoms with Gasteiger partial charge in [0.2, 0.25) is 5.91 Å². The molecule has 0 aliphatic carbocycles. The van der Waals surface area contributed by atoms with Gasteiger partial charge in [0, 0.05) is 0 Å². The van der Waals surface area contributed by atoms with Crippen LogP contribution in [0.15, 0.2) is 22.8 Å². The molecule has 1 aromatic heterocycles. The smallest absolute Gasteiger partial charge is 0.237 e. The van der Waals surface area contributed by atoms with Crippen LogP contribution in [0.4, 0.5) is 0 Å². The summed E-state index contributed by atoms with van der Waals surface area (Å²) in [5.74, 6) is 1.51. The van der Waals surface area contributed by atoms with Crippen LogP contribution >= 0.6 is 11.8 Å². The Morgan fingerprint density at radius 2 is 2.53 bits per heavy atom. The predicted molar refractivity (Wildman–Crippen MR) is 61.5 cm³/mol. The van der Waals surface area contributed by atoms with Crippen LogP contribution in [0.3, 0.4) is 0 Å². The number of rotatable bonds is 6. The molecule has 0 aromatic carbocycles. The number of thioether (sulfide) groups is 1. The van der Waals surface area contributed by atoms with Gasteiger partial charge in [0.05, 0.1) is 18.8 Å². The van der Waals surface area contributed by atoms with Crippen molar-refractivity contribution < 1.29 is 9.21 Å². The Labute approximate surface area is 93.6 Å². The van der Waals surface area contributed by atoms with E-state index in [-0.39, 0.29) is 5.91 Å². The normalized spacial score (nSPS) is 12.4. The van der Waals surface area contributed by atoms with Crippen molar-refractivity contribution in [3.63, 3.8) is 0 Å². The first-order chi connectivity index (χ1) is 7.24. The SMILES string of the molecule is CSCC[C@H](N)C(=O)NCc1ccco1. The number of amides is 1. The van der Waals surface area contributed by atoms with E-state index in [0.717, 1.165) is 11.5 Å². The second-order valence-electron chi connectivity index (χ2n) is 3.19. The Hall–Kier alpha value is -0.940. The fourth-order valence-corrected chi connectivity index (χ4v) is 1.58. The van der Waals surface area contributed by atoms with Crippen LogP contribution in [0.25, 0.3) is 0 Å². The van der Waals surface area contributed by atoms with Crippen molar-refractivity contribution in [1.82, 2.24) is 5.32 Å². The molecular weight excluding hydrogens is 212 g/mol. The molecule has 5 heteroatoms. The van der Waals surface area contributed by atoms with E-state index in [9.17, 15) is 4.79 Å². The van der Waals surface area contributed by atoms with E-state index < -0.39 is 6.04 Å². The summed E-state index contributed by atoms with van der Waals surface area (Å²) in [7, 11) is 0. The summed E-state index contributed by atoms with van der Waals surface area (Å²) in [5.41, 5.74) is 5.69. The minimum Gasteiger partial charge on any atom is -0.467 e. The predicted octanol–water partition coefficient (Wildman–Crippen LogP) is 0.976. The molecule has 0 saturated heterocycles. The quantitative estimate of drug-likeness (QED) is 0.761. The molecule has 1 atom stereocenters. The first-order valence-electron chi connectivity index (χ1n) is 4.78. The van der Waals surface area contributed by atoms with Crippen LogP contribution in [0, 0.1) is 0 Å². The first-order valence-corrected chi connectivity index (χ1v) is 6.18. The first kappa shape index (κ1) is 12.1. The average Bonchev–Trinajstić information content (AvgIpc) is 2.75. The summed E-state index contributed by atoms with van der Waals surface area (Å²) in [6, 6.07) is 3.18. The molecule has 0 spiro atoms. The molecule has 1 aromatic rings. The van der Waals surface area contributed by atoms with Gasteiger partial charge in [-0.1, -0.05) is 0 Å². The van der Waals surface area contributed by atoms with Gasteiger partial charge in [0.1, 0.15) is 5.76 Å². The monoisotopic (exact) mass is 228 g/mol. The Kier molecular flexibility index (Phi) is 5.28. The van der Waals surface area contributed by atoms with Gasteiger partial charge < -0.3 is 15.5 Å². The third-order valence-electron chi connectivity index (χ3n) is 1.99. The van der Waals surface area contributed by atoms with Crippen LogP contribution < -0.4 is 11.1 Å². The summed E-state index contributed by atoms with van der Waals surface area (Å²) in [6.07, 6.45) is 4.27. The molecule has 15 heavy (non-hydrogen) atoms. The lowest BCUT2D eigenvalue weighted by Crippen LogP contribution is -2.40. The van der Waals surface area contributed by atoms with Gasteiger partial charge in [-0.15, -0.1) is 0 Å². The van der Waals surface area contributed by atoms with Crippen molar-refractivity contribution in [1.29, 1.82) is 0 Å². The van der Waals surface area contributed by atoms with Crippen LogP contribution in [0.1, 0.15) is 12.2 Å². The van der Waals surface area contributed by atoms with Crippen LogP contribution in [-0.4, -0.2) is 24.0 Å². The third kappa shape index (κ3) is 4.40. The van der Waals surface area contributed by atoms with Gasteiger partial charge in [-0.05, 0) is 30.6 Å². The Morgan fingerprint density at radius 3 is 3.13 bits per heavy atom. The standard InChI is InChI=1S/C10H16N2O2S/c1-15-6-4-9(11)10(13)12-7-8-3-2-5-14-8/h2-3,5,9H,4,6-7,11H2,1H3,(H,12,13)/t9-/m0/s1. The Bertz CT molecular complexity index is 288. The maximum atomic E-state index is 11.5. The van der Waals surface area contributed by atoms with Gasteiger partial charge in [-0.25, -0.2) is 0 Å². The zero-order chi connectivity index (χ0) is 11.1. The van der Waals surface area contributed by atoms with E-state index in [4.69, 9.17) is 10.2 Å². The highest BCUT2D eigenvalue weighted by Gasteiger charge is 2.12. The minimum atomic E-state index is -0.424. The van der Waals surface area contributed by atoms with E-state index in [1.165, 1.54) is 0 Å². The molecule has 4 nitrogen and oxygen atoms in total. The van der Waals surface area contributed by atoms with E-state index in [1.54, 1.807) is 24.1 Å². The van der Waals surface area contributed by atoms with Gasteiger partial charge in [-0.3, -0.25) is 4.79 Å². The lowest BCUT2D eigenvalue weighted by molar-refractivity contribution is -0.122. The van der Waals surface area contributed by atoms with Crippen molar-refractivity contribution >= 4 is 17.7 Å². The summed E-state index contributed by atoms with van der Waals surface area (Å²) in [5, 5.41) is 2.73. The van der Waals surface area contributed by atoms with Crippen molar-refractivity contribution in [3.8, 4) is 0 Å². The lowest BCUT2D eigenvalue weighted by atomic mass is 10.2. The summed E-state index contributed by atoms with van der Waals surface area (Å²) < 4.78 is 5.09. The number of carbonyl (C=O) groups is 1. The molecule has 0 saturated carbocycles. The van der Waals surface area contributed by atoms with E-state index in [1.807, 2.05) is 12.3 Å². The molecule has 0 radical (unpaired) electrons. The topological polar surface area (TPSA) is 68.3 Å². The van der Waals surface area contributed by atoms with E-state index in [0.29, 0.717) is 13.0 Å². The molecule has 1 rings (SSSR count). The molecule has 0 aliphatic heterocycles. The highest BCUT2D eigenvalue weighted by molar-refractivity contribution is 7.98. The lowest BCUT2D eigenvalue weighted by Gasteiger charge is -2.10. The third-order valence-corrected chi connectivity index (χ3v) is 2.63. The van der Waals surface area contributed by atoms with Gasteiger partial charge in [-0.2, -0.15) is 11.8 Å². The highest BCUT2D eigenvalue weighted by Crippen LogP contribution is 2.01. The summed E-state index contributed by atoms with van der Waals surface area (Å²) in [6.45, 7) is 0.402. The maximum absolute atomic E-state index is 11.5. The van der Waals surface area contributed by atoms with E-state index in [2.05, 4.69) is 5.32 Å². The van der Waals surface area contributed by atoms with Gasteiger partial charge in [0.15, 0.2) is 0 Å². The minimum absolute atomic E-state index is 0.125. The zero-order valence-corrected chi connectivity index (χ0v) is 9.55.